The van der Waals surface area contributed by atoms with Crippen molar-refractivity contribution in [1.82, 2.24) is 9.97 Å². The lowest BCUT2D eigenvalue weighted by Gasteiger charge is -2.11. The summed E-state index contributed by atoms with van der Waals surface area (Å²) in [6, 6.07) is 0. The molecule has 0 radical (unpaired) electrons. The maximum absolute atomic E-state index is 9.09. The Bertz CT molecular complexity index is 348. The van der Waals surface area contributed by atoms with Gasteiger partial charge in [-0.1, -0.05) is 11.6 Å². The molecule has 8 heteroatoms. The van der Waals surface area contributed by atoms with Crippen molar-refractivity contribution in [2.45, 2.75) is 6.10 Å². The predicted molar refractivity (Wildman–Crippen MR) is 57.4 cm³/mol. The van der Waals surface area contributed by atoms with E-state index in [4.69, 9.17) is 33.3 Å². The number of aliphatic hydroxyl groups excluding tert-OH is 2. The fraction of sp³-hybridized carbons (Fsp3) is 0.429. The number of nitrogens with one attached hydrogen (secondary N) is 1. The van der Waals surface area contributed by atoms with Crippen molar-refractivity contribution < 1.29 is 10.2 Å². The molecular weight excluding hydrogens is 222 g/mol. The number of aliphatic hydroxyl groups is 2. The van der Waals surface area contributed by atoms with Gasteiger partial charge in [-0.3, -0.25) is 0 Å². The molecule has 1 atom stereocenters. The summed E-state index contributed by atoms with van der Waals surface area (Å²) in [6.45, 7) is -0.269. The van der Waals surface area contributed by atoms with Crippen LogP contribution in [0.5, 0.6) is 0 Å². The number of nitrogens with two attached hydrogens (primary N) is 2. The van der Waals surface area contributed by atoms with Crippen LogP contribution in [0.3, 0.4) is 0 Å². The highest BCUT2D eigenvalue weighted by molar-refractivity contribution is 6.32. The van der Waals surface area contributed by atoms with Gasteiger partial charge < -0.3 is 27.0 Å². The monoisotopic (exact) mass is 233 g/mol. The first-order valence-electron chi connectivity index (χ1n) is 4.16. The molecule has 1 aromatic heterocycles. The molecule has 0 aromatic carbocycles. The Morgan fingerprint density at radius 1 is 1.40 bits per heavy atom. The van der Waals surface area contributed by atoms with E-state index in [0.29, 0.717) is 0 Å². The molecular formula is C7H12ClN5O2. The SMILES string of the molecule is Nc1nc(Cl)c(N)c(NCC(O)CO)n1. The van der Waals surface area contributed by atoms with E-state index in [1.54, 1.807) is 0 Å². The first-order chi connectivity index (χ1) is 7.04. The fourth-order valence-electron chi connectivity index (χ4n) is 0.872. The normalized spacial score (nSPS) is 12.5. The van der Waals surface area contributed by atoms with Gasteiger partial charge in [0.05, 0.1) is 12.7 Å². The van der Waals surface area contributed by atoms with Crippen LogP contribution in [0.25, 0.3) is 0 Å². The van der Waals surface area contributed by atoms with Crippen LogP contribution in [0, 0.1) is 0 Å². The minimum atomic E-state index is -0.903. The zero-order valence-electron chi connectivity index (χ0n) is 7.81. The van der Waals surface area contributed by atoms with Crippen LogP contribution in [0.15, 0.2) is 0 Å². The molecule has 7 N–H and O–H groups in total. The van der Waals surface area contributed by atoms with E-state index in [0.717, 1.165) is 0 Å². The number of nitrogens with zero attached hydrogens (tertiary/aromatic N) is 2. The molecule has 0 spiro atoms. The van der Waals surface area contributed by atoms with Crippen LogP contribution >= 0.6 is 11.6 Å². The number of anilines is 3. The molecule has 0 aliphatic rings. The Labute approximate surface area is 91.1 Å². The summed E-state index contributed by atoms with van der Waals surface area (Å²) in [5.74, 6) is 0.218. The van der Waals surface area contributed by atoms with Gasteiger partial charge in [0.25, 0.3) is 0 Å². The Morgan fingerprint density at radius 3 is 2.67 bits per heavy atom. The van der Waals surface area contributed by atoms with Crippen molar-refractivity contribution in [2.24, 2.45) is 0 Å². The van der Waals surface area contributed by atoms with Crippen molar-refractivity contribution in [1.29, 1.82) is 0 Å². The molecule has 1 aromatic rings. The van der Waals surface area contributed by atoms with Crippen molar-refractivity contribution in [3.63, 3.8) is 0 Å². The third kappa shape index (κ3) is 3.08. The van der Waals surface area contributed by atoms with E-state index in [9.17, 15) is 0 Å². The largest absolute Gasteiger partial charge is 0.394 e. The summed E-state index contributed by atoms with van der Waals surface area (Å²) in [7, 11) is 0. The average Bonchev–Trinajstić information content (AvgIpc) is 2.20. The van der Waals surface area contributed by atoms with Crippen LogP contribution < -0.4 is 16.8 Å². The quantitative estimate of drug-likeness (QED) is 0.424. The van der Waals surface area contributed by atoms with Gasteiger partial charge in [0.15, 0.2) is 11.0 Å². The molecule has 0 bridgehead atoms. The topological polar surface area (TPSA) is 130 Å². The van der Waals surface area contributed by atoms with Gasteiger partial charge in [-0.05, 0) is 0 Å². The molecule has 0 aliphatic carbocycles. The lowest BCUT2D eigenvalue weighted by atomic mass is 10.3. The average molecular weight is 234 g/mol. The molecule has 0 aliphatic heterocycles. The number of nitrogen functional groups attached to an aromatic ring is 2. The summed E-state index contributed by atoms with van der Waals surface area (Å²) in [6.07, 6.45) is -0.903. The summed E-state index contributed by atoms with van der Waals surface area (Å²) in [5, 5.41) is 20.4. The molecule has 0 amide bonds. The molecule has 1 heterocycles. The molecule has 7 nitrogen and oxygen atoms in total. The third-order valence-electron chi connectivity index (χ3n) is 1.63. The number of aromatic nitrogens is 2. The van der Waals surface area contributed by atoms with E-state index in [1.165, 1.54) is 0 Å². The van der Waals surface area contributed by atoms with Crippen LogP contribution in [0.2, 0.25) is 5.15 Å². The van der Waals surface area contributed by atoms with Crippen LogP contribution in [-0.4, -0.2) is 39.4 Å². The van der Waals surface area contributed by atoms with E-state index < -0.39 is 6.10 Å². The molecule has 15 heavy (non-hydrogen) atoms. The first kappa shape index (κ1) is 11.8. The summed E-state index contributed by atoms with van der Waals surface area (Å²) >= 11 is 5.66. The second kappa shape index (κ2) is 4.96. The minimum Gasteiger partial charge on any atom is -0.394 e. The second-order valence-corrected chi connectivity index (χ2v) is 3.21. The maximum atomic E-state index is 9.09. The minimum absolute atomic E-state index is 0.0183. The Morgan fingerprint density at radius 2 is 2.07 bits per heavy atom. The van der Waals surface area contributed by atoms with Crippen molar-refractivity contribution in [3.05, 3.63) is 5.15 Å². The van der Waals surface area contributed by atoms with Gasteiger partial charge in [0, 0.05) is 6.54 Å². The van der Waals surface area contributed by atoms with Gasteiger partial charge in [0.2, 0.25) is 5.95 Å². The van der Waals surface area contributed by atoms with E-state index in [1.807, 2.05) is 0 Å². The standard InChI is InChI=1S/C7H12ClN5O2/c8-5-4(9)6(13-7(10)12-5)11-1-3(15)2-14/h3,14-15H,1-2,9H2,(H3,10,11,12,13). The maximum Gasteiger partial charge on any atom is 0.223 e. The number of halogens is 1. The summed E-state index contributed by atoms with van der Waals surface area (Å²) < 4.78 is 0. The molecule has 0 saturated heterocycles. The van der Waals surface area contributed by atoms with Crippen molar-refractivity contribution >= 4 is 29.1 Å². The van der Waals surface area contributed by atoms with Gasteiger partial charge in [-0.15, -0.1) is 0 Å². The van der Waals surface area contributed by atoms with Crippen LogP contribution in [0.1, 0.15) is 0 Å². The molecule has 1 rings (SSSR count). The first-order valence-corrected chi connectivity index (χ1v) is 4.53. The van der Waals surface area contributed by atoms with Crippen LogP contribution in [-0.2, 0) is 0 Å². The second-order valence-electron chi connectivity index (χ2n) is 2.85. The molecule has 0 fully saturated rings. The van der Waals surface area contributed by atoms with Gasteiger partial charge >= 0.3 is 0 Å². The Hall–Kier alpha value is -1.31. The van der Waals surface area contributed by atoms with Crippen molar-refractivity contribution in [2.75, 3.05) is 29.9 Å². The zero-order valence-corrected chi connectivity index (χ0v) is 8.57. The fourth-order valence-corrected chi connectivity index (χ4v) is 1.05. The zero-order chi connectivity index (χ0) is 11.4. The van der Waals surface area contributed by atoms with E-state index >= 15 is 0 Å². The third-order valence-corrected chi connectivity index (χ3v) is 1.92. The summed E-state index contributed by atoms with van der Waals surface area (Å²) in [4.78, 5) is 7.43. The highest BCUT2D eigenvalue weighted by Gasteiger charge is 2.09. The smallest absolute Gasteiger partial charge is 0.223 e. The van der Waals surface area contributed by atoms with E-state index in [-0.39, 0.29) is 35.8 Å². The molecule has 0 saturated carbocycles. The lowest BCUT2D eigenvalue weighted by Crippen LogP contribution is -2.24. The van der Waals surface area contributed by atoms with Crippen molar-refractivity contribution in [3.8, 4) is 0 Å². The highest BCUT2D eigenvalue weighted by Crippen LogP contribution is 2.23. The highest BCUT2D eigenvalue weighted by atomic mass is 35.5. The number of rotatable bonds is 4. The Kier molecular flexibility index (Phi) is 3.89. The molecule has 84 valence electrons. The number of hydrogen-bond donors (Lipinski definition) is 5. The molecule has 1 unspecified atom stereocenters. The number of hydrogen-bond acceptors (Lipinski definition) is 7. The predicted octanol–water partition coefficient (Wildman–Crippen LogP) is -0.941. The van der Waals surface area contributed by atoms with Gasteiger partial charge in [-0.2, -0.15) is 9.97 Å². The lowest BCUT2D eigenvalue weighted by molar-refractivity contribution is 0.105. The van der Waals surface area contributed by atoms with Gasteiger partial charge in [-0.25, -0.2) is 0 Å². The van der Waals surface area contributed by atoms with Gasteiger partial charge in [0.1, 0.15) is 5.69 Å². The Balaban J connectivity index is 2.76. The summed E-state index contributed by atoms with van der Waals surface area (Å²) in [5.41, 5.74) is 11.1. The van der Waals surface area contributed by atoms with Crippen LogP contribution in [0.4, 0.5) is 17.5 Å². The van der Waals surface area contributed by atoms with E-state index in [2.05, 4.69) is 15.3 Å².